The van der Waals surface area contributed by atoms with Crippen molar-refractivity contribution in [1.29, 1.82) is 5.26 Å². The van der Waals surface area contributed by atoms with Gasteiger partial charge in [0.05, 0.1) is 24.6 Å². The van der Waals surface area contributed by atoms with E-state index >= 15 is 0 Å². The Labute approximate surface area is 130 Å². The van der Waals surface area contributed by atoms with Gasteiger partial charge < -0.3 is 14.2 Å². The molecule has 2 rings (SSSR count). The number of halogens is 1. The molecule has 0 aromatic heterocycles. The van der Waals surface area contributed by atoms with Crippen molar-refractivity contribution in [2.24, 2.45) is 0 Å². The molecule has 2 aliphatic rings. The first-order chi connectivity index (χ1) is 10.1. The summed E-state index contributed by atoms with van der Waals surface area (Å²) in [5.74, 6) is -0.851. The third-order valence-electron chi connectivity index (χ3n) is 3.70. The van der Waals surface area contributed by atoms with Gasteiger partial charge in [0.1, 0.15) is 24.5 Å². The number of hydrogen-bond acceptors (Lipinski definition) is 5. The number of alkyl halides is 1. The number of fused-ring (bicyclic) bond motifs is 1. The van der Waals surface area contributed by atoms with Crippen molar-refractivity contribution < 1.29 is 23.4 Å². The molecule has 6 nitrogen and oxygen atoms in total. The molecule has 2 heterocycles. The number of nitriles is 1. The second-order valence-electron chi connectivity index (χ2n) is 7.10. The van der Waals surface area contributed by atoms with Crippen molar-refractivity contribution in [2.45, 2.75) is 76.7 Å². The molecular weight excluding hydrogens is 291 g/mol. The van der Waals surface area contributed by atoms with Crippen LogP contribution in [0.1, 0.15) is 41.0 Å². The maximum Gasteiger partial charge on any atom is 0.411 e. The lowest BCUT2D eigenvalue weighted by Crippen LogP contribution is -2.49. The SMILES string of the molecule is CC(C)(C)OC(=O)N1[C@H](CF)[C@H]2OC(C)(C)O[C@H]2[C@@H]1CC#N. The molecule has 124 valence electrons. The fraction of sp³-hybridized carbons (Fsp3) is 0.867. The summed E-state index contributed by atoms with van der Waals surface area (Å²) < 4.78 is 30.5. The van der Waals surface area contributed by atoms with E-state index in [1.807, 2.05) is 6.07 Å². The largest absolute Gasteiger partial charge is 0.444 e. The average molecular weight is 314 g/mol. The van der Waals surface area contributed by atoms with Gasteiger partial charge in [-0.2, -0.15) is 5.26 Å². The molecule has 0 saturated carbocycles. The predicted molar refractivity (Wildman–Crippen MR) is 75.7 cm³/mol. The third-order valence-corrected chi connectivity index (χ3v) is 3.70. The standard InChI is InChI=1S/C15H23FN2O4/c1-14(2,3)22-13(19)18-9(6-7-17)11-12(10(18)8-16)21-15(4,5)20-11/h9-12H,6,8H2,1-5H3/t9-,10+,11-,12+/m0/s1. The van der Waals surface area contributed by atoms with Gasteiger partial charge in [-0.1, -0.05) is 0 Å². The Morgan fingerprint density at radius 2 is 1.86 bits per heavy atom. The minimum Gasteiger partial charge on any atom is -0.444 e. The van der Waals surface area contributed by atoms with E-state index in [9.17, 15) is 9.18 Å². The van der Waals surface area contributed by atoms with Crippen LogP contribution < -0.4 is 0 Å². The van der Waals surface area contributed by atoms with Crippen LogP contribution in [0.5, 0.6) is 0 Å². The number of rotatable bonds is 2. The molecule has 0 spiro atoms. The molecule has 2 fully saturated rings. The zero-order valence-electron chi connectivity index (χ0n) is 13.6. The van der Waals surface area contributed by atoms with Gasteiger partial charge in [0.2, 0.25) is 0 Å². The molecule has 0 bridgehead atoms. The highest BCUT2D eigenvalue weighted by Crippen LogP contribution is 2.42. The molecule has 22 heavy (non-hydrogen) atoms. The molecule has 4 atom stereocenters. The van der Waals surface area contributed by atoms with Crippen LogP contribution in [0.2, 0.25) is 0 Å². The van der Waals surface area contributed by atoms with E-state index in [0.717, 1.165) is 0 Å². The Morgan fingerprint density at radius 3 is 2.32 bits per heavy atom. The van der Waals surface area contributed by atoms with Gasteiger partial charge >= 0.3 is 6.09 Å². The number of ether oxygens (including phenoxy) is 3. The summed E-state index contributed by atoms with van der Waals surface area (Å²) in [6, 6.07) is 0.652. The molecule has 2 saturated heterocycles. The highest BCUT2D eigenvalue weighted by atomic mass is 19.1. The zero-order chi connectivity index (χ0) is 16.7. The number of carbonyl (C=O) groups is 1. The Morgan fingerprint density at radius 1 is 1.32 bits per heavy atom. The van der Waals surface area contributed by atoms with E-state index in [2.05, 4.69) is 0 Å². The summed E-state index contributed by atoms with van der Waals surface area (Å²) in [6.07, 6.45) is -1.72. The lowest BCUT2D eigenvalue weighted by atomic mass is 10.1. The summed E-state index contributed by atoms with van der Waals surface area (Å²) in [7, 11) is 0. The summed E-state index contributed by atoms with van der Waals surface area (Å²) >= 11 is 0. The van der Waals surface area contributed by atoms with Crippen molar-refractivity contribution in [3.8, 4) is 6.07 Å². The molecule has 0 N–H and O–H groups in total. The van der Waals surface area contributed by atoms with Crippen LogP contribution in [-0.4, -0.2) is 53.3 Å². The van der Waals surface area contributed by atoms with Gasteiger partial charge in [0.25, 0.3) is 0 Å². The number of likely N-dealkylation sites (tertiary alicyclic amines) is 1. The van der Waals surface area contributed by atoms with Crippen LogP contribution in [0.4, 0.5) is 9.18 Å². The maximum absolute atomic E-state index is 13.6. The first-order valence-corrected chi connectivity index (χ1v) is 7.39. The molecule has 0 radical (unpaired) electrons. The van der Waals surface area contributed by atoms with Crippen molar-refractivity contribution in [3.63, 3.8) is 0 Å². The van der Waals surface area contributed by atoms with Gasteiger partial charge in [-0.15, -0.1) is 0 Å². The fourth-order valence-electron chi connectivity index (χ4n) is 3.03. The van der Waals surface area contributed by atoms with Gasteiger partial charge in [-0.05, 0) is 34.6 Å². The van der Waals surface area contributed by atoms with Crippen LogP contribution in [0.15, 0.2) is 0 Å². The van der Waals surface area contributed by atoms with Gasteiger partial charge in [-0.25, -0.2) is 9.18 Å². The van der Waals surface area contributed by atoms with E-state index in [1.54, 1.807) is 34.6 Å². The van der Waals surface area contributed by atoms with Crippen LogP contribution in [0, 0.1) is 11.3 Å². The molecule has 0 aromatic rings. The molecular formula is C15H23FN2O4. The van der Waals surface area contributed by atoms with Gasteiger partial charge in [0, 0.05) is 0 Å². The fourth-order valence-corrected chi connectivity index (χ4v) is 3.03. The average Bonchev–Trinajstić information content (AvgIpc) is 2.79. The Hall–Kier alpha value is -1.39. The number of amides is 1. The summed E-state index contributed by atoms with van der Waals surface area (Å²) in [5.41, 5.74) is -0.701. The summed E-state index contributed by atoms with van der Waals surface area (Å²) in [6.45, 7) is 7.91. The minimum absolute atomic E-state index is 0.0380. The van der Waals surface area contributed by atoms with Crippen LogP contribution in [0.25, 0.3) is 0 Å². The third kappa shape index (κ3) is 3.18. The number of hydrogen-bond donors (Lipinski definition) is 0. The highest BCUT2D eigenvalue weighted by molar-refractivity contribution is 5.70. The molecule has 0 unspecified atom stereocenters. The predicted octanol–water partition coefficient (Wildman–Crippen LogP) is 2.38. The Balaban J connectivity index is 2.28. The normalized spacial score (nSPS) is 33.4. The monoisotopic (exact) mass is 314 g/mol. The molecule has 0 aliphatic carbocycles. The lowest BCUT2D eigenvalue weighted by Gasteiger charge is -2.33. The van der Waals surface area contributed by atoms with Gasteiger partial charge in [0.15, 0.2) is 5.79 Å². The van der Waals surface area contributed by atoms with Crippen molar-refractivity contribution >= 4 is 6.09 Å². The van der Waals surface area contributed by atoms with E-state index in [1.165, 1.54) is 4.90 Å². The molecule has 1 amide bonds. The maximum atomic E-state index is 13.6. The van der Waals surface area contributed by atoms with Crippen LogP contribution >= 0.6 is 0 Å². The van der Waals surface area contributed by atoms with E-state index in [0.29, 0.717) is 0 Å². The zero-order valence-corrected chi connectivity index (χ0v) is 13.6. The summed E-state index contributed by atoms with van der Waals surface area (Å²) in [4.78, 5) is 13.7. The second-order valence-corrected chi connectivity index (χ2v) is 7.10. The second kappa shape index (κ2) is 5.67. The lowest BCUT2D eigenvalue weighted by molar-refractivity contribution is -0.167. The van der Waals surface area contributed by atoms with E-state index in [4.69, 9.17) is 19.5 Å². The number of nitrogens with zero attached hydrogens (tertiary/aromatic N) is 2. The first kappa shape index (κ1) is 17.0. The molecule has 2 aliphatic heterocycles. The van der Waals surface area contributed by atoms with E-state index in [-0.39, 0.29) is 6.42 Å². The van der Waals surface area contributed by atoms with Gasteiger partial charge in [-0.3, -0.25) is 4.90 Å². The van der Waals surface area contributed by atoms with E-state index < -0.39 is 48.4 Å². The minimum atomic E-state index is -0.851. The topological polar surface area (TPSA) is 71.8 Å². The summed E-state index contributed by atoms with van der Waals surface area (Å²) in [5, 5.41) is 9.05. The Kier molecular flexibility index (Phi) is 4.37. The van der Waals surface area contributed by atoms with Crippen LogP contribution in [-0.2, 0) is 14.2 Å². The Bertz CT molecular complexity index is 483. The van der Waals surface area contributed by atoms with Crippen molar-refractivity contribution in [2.75, 3.05) is 6.67 Å². The first-order valence-electron chi connectivity index (χ1n) is 7.39. The molecule has 7 heteroatoms. The van der Waals surface area contributed by atoms with Crippen LogP contribution in [0.3, 0.4) is 0 Å². The van der Waals surface area contributed by atoms with Crippen molar-refractivity contribution in [3.05, 3.63) is 0 Å². The molecule has 0 aromatic carbocycles. The highest BCUT2D eigenvalue weighted by Gasteiger charge is 2.59. The number of carbonyl (C=O) groups excluding carboxylic acids is 1. The van der Waals surface area contributed by atoms with Crippen molar-refractivity contribution in [1.82, 2.24) is 4.90 Å². The quantitative estimate of drug-likeness (QED) is 0.782. The smallest absolute Gasteiger partial charge is 0.411 e.